The highest BCUT2D eigenvalue weighted by atomic mass is 32.2. The third kappa shape index (κ3) is 8.24. The van der Waals surface area contributed by atoms with E-state index in [9.17, 15) is 26.4 Å². The average Bonchev–Trinajstić information content (AvgIpc) is 3.02. The van der Waals surface area contributed by atoms with Gasteiger partial charge in [-0.3, -0.25) is 9.71 Å². The molecule has 16 heteroatoms. The molecule has 0 aliphatic carbocycles. The van der Waals surface area contributed by atoms with Crippen LogP contribution in [0.2, 0.25) is 0 Å². The van der Waals surface area contributed by atoms with Gasteiger partial charge in [-0.05, 0) is 85.3 Å². The molecule has 0 atom stereocenters. The van der Waals surface area contributed by atoms with Crippen LogP contribution in [-0.2, 0) is 24.3 Å². The third-order valence-electron chi connectivity index (χ3n) is 6.37. The van der Waals surface area contributed by atoms with Crippen molar-refractivity contribution in [3.8, 4) is 22.8 Å². The number of carboxylic acids is 1. The number of anilines is 3. The van der Waals surface area contributed by atoms with Crippen molar-refractivity contribution < 1.29 is 40.5 Å². The largest absolute Gasteiger partial charge is 0.478 e. The highest BCUT2D eigenvalue weighted by molar-refractivity contribution is 7.92. The van der Waals surface area contributed by atoms with E-state index in [0.29, 0.717) is 17.6 Å². The Labute approximate surface area is 269 Å². The van der Waals surface area contributed by atoms with Crippen LogP contribution in [0.1, 0.15) is 26.3 Å². The first kappa shape index (κ1) is 32.5. The lowest BCUT2D eigenvalue weighted by Crippen LogP contribution is -2.16. The van der Waals surface area contributed by atoms with Crippen molar-refractivity contribution in [2.45, 2.75) is 11.8 Å². The van der Waals surface area contributed by atoms with Gasteiger partial charge in [-0.25, -0.2) is 28.0 Å². The molecule has 0 saturated carbocycles. The van der Waals surface area contributed by atoms with E-state index in [1.54, 1.807) is 43.7 Å². The quantitative estimate of drug-likeness (QED) is 0.158. The fraction of sp³-hybridized carbons (Fsp3) is 0.0645. The number of pyridine rings is 1. The predicted octanol–water partition coefficient (Wildman–Crippen LogP) is 5.00. The summed E-state index contributed by atoms with van der Waals surface area (Å²) in [7, 11) is -8.73. The molecule has 5 rings (SSSR count). The normalized spacial score (nSPS) is 11.4. The van der Waals surface area contributed by atoms with Crippen LogP contribution < -0.4 is 14.8 Å². The highest BCUT2D eigenvalue weighted by Gasteiger charge is 2.25. The van der Waals surface area contributed by atoms with Crippen molar-refractivity contribution in [3.05, 3.63) is 114 Å². The standard InChI is InChI=1S/C31H25N5O9S2/c1-19-5-9-23(17-26(19)35-31-33-15-13-25(34-31)22-4-3-14-32-18-22)36-47(42,43)28-16-21(30(39)45-46(2,40)41)8-12-27(28)44-24-10-6-20(7-11-24)29(37)38/h3-18,36H,1-2H3,(H,37,38)(H,33,34,35). The number of carbonyl (C=O) groups excluding carboxylic acids is 1. The monoisotopic (exact) mass is 675 g/mol. The Bertz CT molecular complexity index is 2200. The number of nitrogens with zero attached hydrogens (tertiary/aromatic N) is 3. The summed E-state index contributed by atoms with van der Waals surface area (Å²) in [6.07, 6.45) is 5.54. The molecular weight excluding hydrogens is 651 g/mol. The summed E-state index contributed by atoms with van der Waals surface area (Å²) in [5.41, 5.74) is 2.31. The predicted molar refractivity (Wildman–Crippen MR) is 171 cm³/mol. The molecule has 3 aromatic carbocycles. The number of aromatic nitrogens is 3. The van der Waals surface area contributed by atoms with Crippen LogP contribution in [0.3, 0.4) is 0 Å². The third-order valence-corrected chi connectivity index (χ3v) is 8.23. The second kappa shape index (κ2) is 13.2. The molecule has 0 amide bonds. The van der Waals surface area contributed by atoms with Crippen LogP contribution >= 0.6 is 0 Å². The highest BCUT2D eigenvalue weighted by Crippen LogP contribution is 2.33. The molecule has 0 aliphatic rings. The van der Waals surface area contributed by atoms with E-state index in [2.05, 4.69) is 29.2 Å². The van der Waals surface area contributed by atoms with Crippen molar-refractivity contribution in [1.82, 2.24) is 15.0 Å². The molecule has 240 valence electrons. The van der Waals surface area contributed by atoms with Gasteiger partial charge in [0.05, 0.1) is 28.8 Å². The summed E-state index contributed by atoms with van der Waals surface area (Å²) in [5.74, 6) is -2.39. The second-order valence-electron chi connectivity index (χ2n) is 9.94. The Hall–Kier alpha value is -5.87. The lowest BCUT2D eigenvalue weighted by Gasteiger charge is -2.16. The molecule has 0 radical (unpaired) electrons. The Morgan fingerprint density at radius 2 is 1.62 bits per heavy atom. The van der Waals surface area contributed by atoms with Crippen LogP contribution in [0, 0.1) is 6.92 Å². The zero-order valence-electron chi connectivity index (χ0n) is 24.6. The Morgan fingerprint density at radius 1 is 0.872 bits per heavy atom. The molecule has 5 aromatic rings. The smallest absolute Gasteiger partial charge is 0.353 e. The summed E-state index contributed by atoms with van der Waals surface area (Å²) in [4.78, 5) is 36.1. The molecular formula is C31H25N5O9S2. The molecule has 0 bridgehead atoms. The van der Waals surface area contributed by atoms with Crippen molar-refractivity contribution in [2.24, 2.45) is 0 Å². The zero-order chi connectivity index (χ0) is 33.8. The van der Waals surface area contributed by atoms with Gasteiger partial charge in [-0.1, -0.05) is 6.07 Å². The summed E-state index contributed by atoms with van der Waals surface area (Å²) in [6.45, 7) is 1.80. The van der Waals surface area contributed by atoms with Crippen molar-refractivity contribution in [1.29, 1.82) is 0 Å². The van der Waals surface area contributed by atoms with Gasteiger partial charge in [0, 0.05) is 29.8 Å². The number of rotatable bonds is 11. The Kier molecular flexibility index (Phi) is 9.16. The summed E-state index contributed by atoms with van der Waals surface area (Å²) in [5, 5.41) is 12.3. The fourth-order valence-electron chi connectivity index (χ4n) is 4.15. The first-order valence-corrected chi connectivity index (χ1v) is 16.8. The molecule has 0 spiro atoms. The maximum atomic E-state index is 13.8. The van der Waals surface area contributed by atoms with Crippen molar-refractivity contribution in [2.75, 3.05) is 16.3 Å². The number of sulfonamides is 1. The van der Waals surface area contributed by atoms with Gasteiger partial charge >= 0.3 is 22.1 Å². The molecule has 2 aromatic heterocycles. The molecule has 2 heterocycles. The molecule has 3 N–H and O–H groups in total. The number of hydrogen-bond acceptors (Lipinski definition) is 12. The van der Waals surface area contributed by atoms with E-state index in [4.69, 9.17) is 9.84 Å². The molecule has 0 fully saturated rings. The van der Waals surface area contributed by atoms with Crippen LogP contribution in [-0.4, -0.2) is 55.1 Å². The van der Waals surface area contributed by atoms with Gasteiger partial charge in [-0.15, -0.1) is 0 Å². The maximum Gasteiger partial charge on any atom is 0.353 e. The SMILES string of the molecule is Cc1ccc(NS(=O)(=O)c2cc(C(=O)OS(C)(=O)=O)ccc2Oc2ccc(C(=O)O)cc2)cc1Nc1nccc(-c2cccnc2)n1. The molecule has 14 nitrogen and oxygen atoms in total. The number of ether oxygens (including phenoxy) is 1. The van der Waals surface area contributed by atoms with Gasteiger partial charge in [0.15, 0.2) is 0 Å². The first-order chi connectivity index (χ1) is 22.3. The van der Waals surface area contributed by atoms with Gasteiger partial charge in [-0.2, -0.15) is 8.42 Å². The van der Waals surface area contributed by atoms with Gasteiger partial charge in [0.25, 0.3) is 10.0 Å². The van der Waals surface area contributed by atoms with Crippen LogP contribution in [0.25, 0.3) is 11.3 Å². The zero-order valence-corrected chi connectivity index (χ0v) is 26.2. The number of aryl methyl sites for hydroxylation is 1. The maximum absolute atomic E-state index is 13.8. The van der Waals surface area contributed by atoms with E-state index in [0.717, 1.165) is 29.3 Å². The minimum atomic E-state index is -4.52. The summed E-state index contributed by atoms with van der Waals surface area (Å²) >= 11 is 0. The Morgan fingerprint density at radius 3 is 2.30 bits per heavy atom. The van der Waals surface area contributed by atoms with Gasteiger partial charge < -0.3 is 19.3 Å². The number of carbonyl (C=O) groups is 2. The van der Waals surface area contributed by atoms with Crippen molar-refractivity contribution in [3.63, 3.8) is 0 Å². The van der Waals surface area contributed by atoms with Gasteiger partial charge in [0.2, 0.25) is 5.95 Å². The van der Waals surface area contributed by atoms with E-state index in [-0.39, 0.29) is 34.3 Å². The lowest BCUT2D eigenvalue weighted by molar-refractivity contribution is 0.0694. The summed E-state index contributed by atoms with van der Waals surface area (Å²) in [6, 6.07) is 18.4. The number of hydrogen-bond donors (Lipinski definition) is 3. The van der Waals surface area contributed by atoms with E-state index in [1.165, 1.54) is 36.4 Å². The number of aromatic carboxylic acids is 1. The van der Waals surface area contributed by atoms with Crippen LogP contribution in [0.5, 0.6) is 11.5 Å². The topological polar surface area (TPSA) is 204 Å². The van der Waals surface area contributed by atoms with Crippen molar-refractivity contribution >= 4 is 49.4 Å². The summed E-state index contributed by atoms with van der Waals surface area (Å²) < 4.78 is 63.3. The van der Waals surface area contributed by atoms with Crippen LogP contribution in [0.4, 0.5) is 17.3 Å². The minimum absolute atomic E-state index is 0.0243. The molecule has 0 unspecified atom stereocenters. The molecule has 47 heavy (non-hydrogen) atoms. The Balaban J connectivity index is 1.47. The molecule has 0 saturated heterocycles. The average molecular weight is 676 g/mol. The van der Waals surface area contributed by atoms with E-state index < -0.39 is 37.0 Å². The minimum Gasteiger partial charge on any atom is -0.478 e. The van der Waals surface area contributed by atoms with Crippen LogP contribution in [0.15, 0.2) is 102 Å². The van der Waals surface area contributed by atoms with E-state index >= 15 is 0 Å². The van der Waals surface area contributed by atoms with Gasteiger partial charge in [0.1, 0.15) is 16.4 Å². The number of benzene rings is 3. The fourth-order valence-corrected chi connectivity index (χ4v) is 5.73. The first-order valence-electron chi connectivity index (χ1n) is 13.5. The molecule has 0 aliphatic heterocycles. The van der Waals surface area contributed by atoms with E-state index in [1.807, 2.05) is 6.07 Å². The second-order valence-corrected chi connectivity index (χ2v) is 13.2. The number of carboxylic acid groups (broad SMARTS) is 1. The number of nitrogens with one attached hydrogen (secondary N) is 2. The lowest BCUT2D eigenvalue weighted by atomic mass is 10.2.